The number of thiocarbonyl (C=S) groups is 1. The Morgan fingerprint density at radius 3 is 1.95 bits per heavy atom. The maximum Gasteiger partial charge on any atom is 0.265 e. The summed E-state index contributed by atoms with van der Waals surface area (Å²) >= 11 is 5.22. The molecule has 1 aliphatic rings. The van der Waals surface area contributed by atoms with Gasteiger partial charge in [0.05, 0.1) is 7.11 Å². The van der Waals surface area contributed by atoms with E-state index in [1.807, 2.05) is 13.8 Å². The highest BCUT2D eigenvalue weighted by molar-refractivity contribution is 7.80. The minimum Gasteiger partial charge on any atom is -0.497 e. The number of likely N-dealkylation sites (N-methyl/N-ethyl adjacent to an activating group) is 2. The highest BCUT2D eigenvalue weighted by Gasteiger charge is 2.37. The van der Waals surface area contributed by atoms with Crippen LogP contribution in [0.1, 0.15) is 19.4 Å². The number of ether oxygens (including phenoxy) is 1. The molecule has 1 heterocycles. The molecule has 116 valence electrons. The van der Waals surface area contributed by atoms with E-state index in [1.54, 1.807) is 37.5 Å². The van der Waals surface area contributed by atoms with Crippen LogP contribution in [0.25, 0.3) is 6.08 Å². The molecule has 0 saturated carbocycles. The van der Waals surface area contributed by atoms with Gasteiger partial charge in [0.1, 0.15) is 11.3 Å². The van der Waals surface area contributed by atoms with Gasteiger partial charge in [-0.2, -0.15) is 0 Å². The van der Waals surface area contributed by atoms with E-state index in [1.165, 1.54) is 9.80 Å². The Balaban J connectivity index is 2.41. The fourth-order valence-electron chi connectivity index (χ4n) is 2.25. The summed E-state index contributed by atoms with van der Waals surface area (Å²) < 4.78 is 5.10. The van der Waals surface area contributed by atoms with Gasteiger partial charge in [-0.05, 0) is 49.8 Å². The van der Waals surface area contributed by atoms with Crippen LogP contribution in [0.5, 0.6) is 5.75 Å². The number of hydrogen-bond donors (Lipinski definition) is 0. The first-order valence-electron chi connectivity index (χ1n) is 7.06. The molecule has 0 atom stereocenters. The molecule has 0 spiro atoms. The summed E-state index contributed by atoms with van der Waals surface area (Å²) in [6.07, 6.45) is 1.59. The Morgan fingerprint density at radius 2 is 1.55 bits per heavy atom. The fraction of sp³-hybridized carbons (Fsp3) is 0.312. The van der Waals surface area contributed by atoms with Crippen LogP contribution in [0, 0.1) is 0 Å². The van der Waals surface area contributed by atoms with Gasteiger partial charge in [0.2, 0.25) is 0 Å². The zero-order valence-electron chi connectivity index (χ0n) is 12.8. The Kier molecular flexibility index (Phi) is 4.92. The van der Waals surface area contributed by atoms with Crippen molar-refractivity contribution in [3.8, 4) is 5.75 Å². The molecular formula is C16H18N2O3S. The van der Waals surface area contributed by atoms with Crippen LogP contribution in [-0.2, 0) is 9.59 Å². The summed E-state index contributed by atoms with van der Waals surface area (Å²) in [4.78, 5) is 27.8. The lowest BCUT2D eigenvalue weighted by molar-refractivity contribution is -0.133. The van der Waals surface area contributed by atoms with Crippen LogP contribution >= 0.6 is 12.2 Å². The molecule has 2 rings (SSSR count). The summed E-state index contributed by atoms with van der Waals surface area (Å²) in [5.41, 5.74) is 0.889. The second kappa shape index (κ2) is 6.70. The van der Waals surface area contributed by atoms with Crippen LogP contribution in [0.2, 0.25) is 0 Å². The lowest BCUT2D eigenvalue weighted by Crippen LogP contribution is -2.55. The molecule has 0 radical (unpaired) electrons. The number of amides is 2. The van der Waals surface area contributed by atoms with Crippen molar-refractivity contribution >= 4 is 35.2 Å². The van der Waals surface area contributed by atoms with Gasteiger partial charge in [-0.1, -0.05) is 12.1 Å². The van der Waals surface area contributed by atoms with Crippen LogP contribution in [0.4, 0.5) is 0 Å². The Morgan fingerprint density at radius 1 is 1.05 bits per heavy atom. The molecule has 0 aliphatic carbocycles. The summed E-state index contributed by atoms with van der Waals surface area (Å²) in [6.45, 7) is 4.53. The molecule has 22 heavy (non-hydrogen) atoms. The lowest BCUT2D eigenvalue weighted by Gasteiger charge is -2.35. The molecule has 5 nitrogen and oxygen atoms in total. The van der Waals surface area contributed by atoms with E-state index < -0.39 is 0 Å². The molecule has 0 unspecified atom stereocenters. The van der Waals surface area contributed by atoms with E-state index in [9.17, 15) is 9.59 Å². The molecule has 1 fully saturated rings. The van der Waals surface area contributed by atoms with Crippen molar-refractivity contribution < 1.29 is 14.3 Å². The summed E-state index contributed by atoms with van der Waals surface area (Å²) in [7, 11) is 1.58. The molecule has 1 aromatic carbocycles. The molecule has 0 aromatic heterocycles. The minimum absolute atomic E-state index is 0.127. The van der Waals surface area contributed by atoms with E-state index >= 15 is 0 Å². The van der Waals surface area contributed by atoms with E-state index in [0.29, 0.717) is 13.1 Å². The van der Waals surface area contributed by atoms with Gasteiger partial charge in [0, 0.05) is 13.1 Å². The molecule has 1 saturated heterocycles. The second-order valence-electron chi connectivity index (χ2n) is 4.71. The van der Waals surface area contributed by atoms with Gasteiger partial charge in [0.15, 0.2) is 5.11 Å². The molecule has 6 heteroatoms. The smallest absolute Gasteiger partial charge is 0.265 e. The maximum absolute atomic E-state index is 12.5. The van der Waals surface area contributed by atoms with Gasteiger partial charge in [-0.25, -0.2) is 0 Å². The van der Waals surface area contributed by atoms with Gasteiger partial charge in [-0.15, -0.1) is 0 Å². The standard InChI is InChI=1S/C16H18N2O3S/c1-4-17-14(19)13(15(20)18(5-2)16(17)22)10-11-6-8-12(21-3)9-7-11/h6-10H,4-5H2,1-3H3. The van der Waals surface area contributed by atoms with Crippen LogP contribution in [-0.4, -0.2) is 46.9 Å². The van der Waals surface area contributed by atoms with Crippen molar-refractivity contribution in [2.24, 2.45) is 0 Å². The Bertz CT molecular complexity index is 609. The molecule has 1 aliphatic heterocycles. The quantitative estimate of drug-likeness (QED) is 0.484. The average Bonchev–Trinajstić information content (AvgIpc) is 2.53. The topological polar surface area (TPSA) is 49.9 Å². The number of nitrogens with zero attached hydrogens (tertiary/aromatic N) is 2. The number of hydrogen-bond acceptors (Lipinski definition) is 4. The highest BCUT2D eigenvalue weighted by Crippen LogP contribution is 2.21. The number of rotatable bonds is 4. The molecule has 2 amide bonds. The number of carbonyl (C=O) groups excluding carboxylic acids is 2. The molecular weight excluding hydrogens is 300 g/mol. The van der Waals surface area contributed by atoms with Crippen molar-refractivity contribution in [2.45, 2.75) is 13.8 Å². The number of benzene rings is 1. The van der Waals surface area contributed by atoms with Crippen molar-refractivity contribution in [1.82, 2.24) is 9.80 Å². The van der Waals surface area contributed by atoms with Gasteiger partial charge < -0.3 is 4.74 Å². The van der Waals surface area contributed by atoms with E-state index in [4.69, 9.17) is 17.0 Å². The third kappa shape index (κ3) is 2.87. The Hall–Kier alpha value is -2.21. The third-order valence-corrected chi connectivity index (χ3v) is 3.91. The van der Waals surface area contributed by atoms with Crippen molar-refractivity contribution in [1.29, 1.82) is 0 Å². The van der Waals surface area contributed by atoms with Crippen LogP contribution in [0.3, 0.4) is 0 Å². The second-order valence-corrected chi connectivity index (χ2v) is 5.08. The number of carbonyl (C=O) groups is 2. The normalized spacial score (nSPS) is 15.4. The van der Waals surface area contributed by atoms with Crippen LogP contribution in [0.15, 0.2) is 29.8 Å². The lowest BCUT2D eigenvalue weighted by atomic mass is 10.1. The van der Waals surface area contributed by atoms with E-state index in [0.717, 1.165) is 11.3 Å². The van der Waals surface area contributed by atoms with E-state index in [2.05, 4.69) is 0 Å². The molecule has 0 bridgehead atoms. The summed E-state index contributed by atoms with van der Waals surface area (Å²) in [6, 6.07) is 7.16. The number of methoxy groups -OCH3 is 1. The Labute approximate surface area is 135 Å². The van der Waals surface area contributed by atoms with Crippen molar-refractivity contribution in [3.05, 3.63) is 35.4 Å². The monoisotopic (exact) mass is 318 g/mol. The van der Waals surface area contributed by atoms with Gasteiger partial charge >= 0.3 is 0 Å². The largest absolute Gasteiger partial charge is 0.497 e. The predicted molar refractivity (Wildman–Crippen MR) is 88.3 cm³/mol. The first-order chi connectivity index (χ1) is 10.5. The van der Waals surface area contributed by atoms with Gasteiger partial charge in [0.25, 0.3) is 11.8 Å². The fourth-order valence-corrected chi connectivity index (χ4v) is 2.67. The van der Waals surface area contributed by atoms with Crippen LogP contribution < -0.4 is 4.74 Å². The zero-order valence-corrected chi connectivity index (χ0v) is 13.6. The molecule has 0 N–H and O–H groups in total. The average molecular weight is 318 g/mol. The van der Waals surface area contributed by atoms with Crippen molar-refractivity contribution in [2.75, 3.05) is 20.2 Å². The highest BCUT2D eigenvalue weighted by atomic mass is 32.1. The SMILES string of the molecule is CCN1C(=O)C(=Cc2ccc(OC)cc2)C(=O)N(CC)C1=S. The maximum atomic E-state index is 12.5. The minimum atomic E-state index is -0.349. The van der Waals surface area contributed by atoms with E-state index in [-0.39, 0.29) is 22.5 Å². The summed E-state index contributed by atoms with van der Waals surface area (Å²) in [5, 5.41) is 0.270. The predicted octanol–water partition coefficient (Wildman–Crippen LogP) is 2.07. The van der Waals surface area contributed by atoms with Crippen molar-refractivity contribution in [3.63, 3.8) is 0 Å². The third-order valence-electron chi connectivity index (χ3n) is 3.47. The first kappa shape index (κ1) is 16.2. The molecule has 1 aromatic rings. The first-order valence-corrected chi connectivity index (χ1v) is 7.47. The summed E-state index contributed by atoms with van der Waals surface area (Å²) in [5.74, 6) is 0.0195. The van der Waals surface area contributed by atoms with Gasteiger partial charge in [-0.3, -0.25) is 19.4 Å². The zero-order chi connectivity index (χ0) is 16.3.